The van der Waals surface area contributed by atoms with Crippen molar-refractivity contribution in [1.29, 1.82) is 0 Å². The van der Waals surface area contributed by atoms with Crippen molar-refractivity contribution in [2.75, 3.05) is 0 Å². The average Bonchev–Trinajstić information content (AvgIpc) is 3.71. The highest BCUT2D eigenvalue weighted by Gasteiger charge is 2.51. The Morgan fingerprint density at radius 3 is 2.19 bits per heavy atom. The lowest BCUT2D eigenvalue weighted by Crippen LogP contribution is -2.34. The minimum atomic E-state index is -0.453. The molecule has 0 saturated carbocycles. The minimum Gasteiger partial charge on any atom is -0.103 e. The Labute approximate surface area is 430 Å². The highest BCUT2D eigenvalue weighted by atomic mass is 14.5. The number of fused-ring (bicyclic) bond motifs is 2. The van der Waals surface area contributed by atoms with E-state index in [9.17, 15) is 0 Å². The first-order chi connectivity index (χ1) is 35.2. The maximum Gasteiger partial charge on any atom is 0.0648 e. The minimum absolute atomic E-state index is 0.453. The molecular weight excluding hydrogens is 865 g/mol. The highest BCUT2D eigenvalue weighted by molar-refractivity contribution is 5.94. The highest BCUT2D eigenvalue weighted by Crippen LogP contribution is 2.61. The van der Waals surface area contributed by atoms with E-state index in [0.29, 0.717) is 11.8 Å². The summed E-state index contributed by atoms with van der Waals surface area (Å²) in [5.41, 5.74) is 24.7. The van der Waals surface area contributed by atoms with E-state index in [1.165, 1.54) is 113 Å². The first-order valence-corrected chi connectivity index (χ1v) is 26.6. The van der Waals surface area contributed by atoms with E-state index in [2.05, 4.69) is 242 Å². The molecule has 6 aromatic rings. The number of hydrogen-bond donors (Lipinski definition) is 0. The van der Waals surface area contributed by atoms with Gasteiger partial charge in [-0.15, -0.1) is 6.58 Å². The SMILES string of the molecule is C=CCCC(C)CC1C=CC2=C(C1)C(C1=C(C)C=CCC1)(c1ccccc1C=C)c1cc(C(/C=C(\C)c3ccc(-c4ccc(-c5ccccc5)cc4)c(C4=CC=C(CC)CC4)c3)=c3\ccccc3=C)ccc12. The molecule has 0 heteroatoms. The first-order valence-electron chi connectivity index (χ1n) is 26.6. The fourth-order valence-corrected chi connectivity index (χ4v) is 12.5. The smallest absolute Gasteiger partial charge is 0.0648 e. The van der Waals surface area contributed by atoms with E-state index < -0.39 is 5.41 Å². The average molecular weight is 935 g/mol. The van der Waals surface area contributed by atoms with Gasteiger partial charge in [0, 0.05) is 0 Å². The third-order valence-corrected chi connectivity index (χ3v) is 16.3. The monoisotopic (exact) mass is 935 g/mol. The molecule has 0 N–H and O–H groups in total. The third-order valence-electron chi connectivity index (χ3n) is 16.3. The van der Waals surface area contributed by atoms with Crippen molar-refractivity contribution in [3.63, 3.8) is 0 Å². The molecule has 0 heterocycles. The maximum atomic E-state index is 4.66. The molecule has 358 valence electrons. The van der Waals surface area contributed by atoms with Crippen LogP contribution < -0.4 is 10.4 Å². The second kappa shape index (κ2) is 21.2. The van der Waals surface area contributed by atoms with Crippen LogP contribution in [0, 0.1) is 11.8 Å². The van der Waals surface area contributed by atoms with Crippen molar-refractivity contribution in [2.45, 2.75) is 90.9 Å². The topological polar surface area (TPSA) is 0 Å². The van der Waals surface area contributed by atoms with Crippen LogP contribution in [0.4, 0.5) is 0 Å². The van der Waals surface area contributed by atoms with Crippen molar-refractivity contribution < 1.29 is 0 Å². The van der Waals surface area contributed by atoms with Crippen LogP contribution in [0.2, 0.25) is 0 Å². The van der Waals surface area contributed by atoms with E-state index in [1.807, 2.05) is 0 Å². The van der Waals surface area contributed by atoms with Crippen LogP contribution in [0.1, 0.15) is 124 Å². The summed E-state index contributed by atoms with van der Waals surface area (Å²) in [6.45, 7) is 22.5. The van der Waals surface area contributed by atoms with Gasteiger partial charge in [0.15, 0.2) is 0 Å². The molecule has 72 heavy (non-hydrogen) atoms. The van der Waals surface area contributed by atoms with Gasteiger partial charge >= 0.3 is 0 Å². The summed E-state index contributed by atoms with van der Waals surface area (Å²) in [4.78, 5) is 0. The summed E-state index contributed by atoms with van der Waals surface area (Å²) in [7, 11) is 0. The molecule has 4 aliphatic rings. The molecule has 0 bridgehead atoms. The van der Waals surface area contributed by atoms with E-state index in [-0.39, 0.29) is 0 Å². The molecule has 0 amide bonds. The zero-order valence-corrected chi connectivity index (χ0v) is 43.1. The molecule has 6 aromatic carbocycles. The molecular formula is C72H70. The molecule has 0 aromatic heterocycles. The van der Waals surface area contributed by atoms with Crippen LogP contribution in [0.3, 0.4) is 0 Å². The zero-order valence-electron chi connectivity index (χ0n) is 43.1. The van der Waals surface area contributed by atoms with E-state index in [0.717, 1.165) is 55.4 Å². The number of hydrogen-bond acceptors (Lipinski definition) is 0. The van der Waals surface area contributed by atoms with Gasteiger partial charge in [0.1, 0.15) is 0 Å². The summed E-state index contributed by atoms with van der Waals surface area (Å²) in [5, 5.41) is 2.17. The van der Waals surface area contributed by atoms with Crippen molar-refractivity contribution in [2.24, 2.45) is 11.8 Å². The van der Waals surface area contributed by atoms with E-state index >= 15 is 0 Å². The molecule has 4 aliphatic carbocycles. The number of benzene rings is 6. The van der Waals surface area contributed by atoms with Crippen molar-refractivity contribution in [3.8, 4) is 22.3 Å². The van der Waals surface area contributed by atoms with Crippen LogP contribution >= 0.6 is 0 Å². The fourth-order valence-electron chi connectivity index (χ4n) is 12.5. The molecule has 10 rings (SSSR count). The van der Waals surface area contributed by atoms with Crippen molar-refractivity contribution >= 4 is 34.9 Å². The number of rotatable bonds is 15. The summed E-state index contributed by atoms with van der Waals surface area (Å²) < 4.78 is 0. The Kier molecular flexibility index (Phi) is 14.2. The Hall–Kier alpha value is -7.28. The zero-order chi connectivity index (χ0) is 49.8. The molecule has 0 radical (unpaired) electrons. The van der Waals surface area contributed by atoms with Crippen LogP contribution in [0.5, 0.6) is 0 Å². The molecule has 3 unspecified atom stereocenters. The van der Waals surface area contributed by atoms with Gasteiger partial charge in [-0.2, -0.15) is 0 Å². The second-order valence-electron chi connectivity index (χ2n) is 20.8. The summed E-state index contributed by atoms with van der Waals surface area (Å²) in [6.07, 6.45) is 30.8. The predicted molar refractivity (Wildman–Crippen MR) is 312 cm³/mol. The summed E-state index contributed by atoms with van der Waals surface area (Å²) in [5.74, 6) is 1.07. The molecule has 0 saturated heterocycles. The summed E-state index contributed by atoms with van der Waals surface area (Å²) in [6, 6.07) is 52.2. The van der Waals surface area contributed by atoms with Gasteiger partial charge in [0.05, 0.1) is 5.41 Å². The Bertz CT molecular complexity index is 3400. The van der Waals surface area contributed by atoms with Gasteiger partial charge < -0.3 is 0 Å². The maximum absolute atomic E-state index is 4.66. The Balaban J connectivity index is 1.15. The van der Waals surface area contributed by atoms with Crippen molar-refractivity contribution in [3.05, 3.63) is 273 Å². The molecule has 0 spiro atoms. The fraction of sp³-hybridized carbons (Fsp3) is 0.222. The van der Waals surface area contributed by atoms with Crippen LogP contribution in [-0.4, -0.2) is 0 Å². The van der Waals surface area contributed by atoms with Gasteiger partial charge in [-0.25, -0.2) is 0 Å². The van der Waals surface area contributed by atoms with Gasteiger partial charge in [0.2, 0.25) is 0 Å². The number of allylic oxidation sites excluding steroid dienone is 15. The molecule has 0 aliphatic heterocycles. The quantitative estimate of drug-likeness (QED) is 0.0900. The van der Waals surface area contributed by atoms with Crippen LogP contribution in [-0.2, 0) is 5.41 Å². The lowest BCUT2D eigenvalue weighted by molar-refractivity contribution is 0.412. The standard InChI is InChI=1S/C72H70/c1-8-11-21-49(4)44-54-32-41-64-65-43-40-61(48-71(65)72(70(64)46-54,68-28-19-16-23-51(68)6)69-29-20-17-24-55(69)10-3)66(62-27-18-15-22-50(62)5)45-52(7)60-39-42-63(67(47-60)59-33-30-53(9-2)31-34-59)58-37-35-57(36-38-58)56-25-13-12-14-26-56/h8,10,12-18,20,22-27,29-30,32-33,35-43,45,47-49,54H,1,3,5,9,11,19,21,28,31,34,44,46H2,2,4,6-7H3/b52-45+,66-62+. The van der Waals surface area contributed by atoms with E-state index in [1.54, 1.807) is 5.57 Å². The van der Waals surface area contributed by atoms with Gasteiger partial charge in [-0.1, -0.05) is 220 Å². The lowest BCUT2D eigenvalue weighted by atomic mass is 9.60. The van der Waals surface area contributed by atoms with E-state index in [4.69, 9.17) is 0 Å². The van der Waals surface area contributed by atoms with Gasteiger partial charge in [-0.05, 0) is 201 Å². The van der Waals surface area contributed by atoms with Crippen LogP contribution in [0.15, 0.2) is 224 Å². The summed E-state index contributed by atoms with van der Waals surface area (Å²) >= 11 is 0. The lowest BCUT2D eigenvalue weighted by Gasteiger charge is -2.42. The Morgan fingerprint density at radius 2 is 1.44 bits per heavy atom. The molecule has 0 nitrogen and oxygen atoms in total. The Morgan fingerprint density at radius 1 is 0.708 bits per heavy atom. The van der Waals surface area contributed by atoms with Crippen molar-refractivity contribution in [1.82, 2.24) is 0 Å². The first kappa shape index (κ1) is 48.4. The van der Waals surface area contributed by atoms with Gasteiger partial charge in [-0.3, -0.25) is 0 Å². The largest absolute Gasteiger partial charge is 0.103 e. The third kappa shape index (κ3) is 9.25. The molecule has 0 fully saturated rings. The van der Waals surface area contributed by atoms with Gasteiger partial charge in [0.25, 0.3) is 0 Å². The molecule has 3 atom stereocenters. The predicted octanol–water partition coefficient (Wildman–Crippen LogP) is 18.2. The normalized spacial score (nSPS) is 19.3. The van der Waals surface area contributed by atoms with Crippen LogP contribution in [0.25, 0.3) is 57.2 Å². The second-order valence-corrected chi connectivity index (χ2v) is 20.8.